The number of aryl methyl sites for hydroxylation is 2. The molecule has 2 unspecified atom stereocenters. The highest BCUT2D eigenvalue weighted by atomic mass is 32.2. The zero-order valence-corrected chi connectivity index (χ0v) is 15.1. The molecule has 0 aromatic heterocycles. The molecule has 2 atom stereocenters. The summed E-state index contributed by atoms with van der Waals surface area (Å²) in [6.45, 7) is 4.98. The smallest absolute Gasteiger partial charge is 0.243 e. The van der Waals surface area contributed by atoms with Gasteiger partial charge in [0.05, 0.1) is 17.5 Å². The first-order valence-corrected chi connectivity index (χ1v) is 9.35. The maximum atomic E-state index is 12.5. The van der Waals surface area contributed by atoms with Crippen LogP contribution in [-0.4, -0.2) is 63.1 Å². The van der Waals surface area contributed by atoms with Crippen LogP contribution in [-0.2, 0) is 14.8 Å². The number of hydrogen-bond acceptors (Lipinski definition) is 5. The SMILES string of the molecule is Cc1ccc(S(=O)(=O)N(C)CC(=O)NCC2CNCC2O)cc1C. The maximum absolute atomic E-state index is 12.5. The second kappa shape index (κ2) is 7.60. The van der Waals surface area contributed by atoms with Crippen LogP contribution in [0.5, 0.6) is 0 Å². The summed E-state index contributed by atoms with van der Waals surface area (Å²) in [4.78, 5) is 12.2. The highest BCUT2D eigenvalue weighted by Crippen LogP contribution is 2.18. The van der Waals surface area contributed by atoms with Crippen LogP contribution in [0.3, 0.4) is 0 Å². The van der Waals surface area contributed by atoms with Gasteiger partial charge in [-0.25, -0.2) is 8.42 Å². The Morgan fingerprint density at radius 2 is 2.04 bits per heavy atom. The summed E-state index contributed by atoms with van der Waals surface area (Å²) in [5.74, 6) is -0.431. The van der Waals surface area contributed by atoms with Crippen molar-refractivity contribution in [2.24, 2.45) is 5.92 Å². The molecule has 1 aliphatic rings. The molecule has 1 fully saturated rings. The van der Waals surface area contributed by atoms with Crippen LogP contribution in [0.1, 0.15) is 11.1 Å². The van der Waals surface area contributed by atoms with Gasteiger partial charge in [-0.05, 0) is 37.1 Å². The van der Waals surface area contributed by atoms with Gasteiger partial charge in [-0.2, -0.15) is 4.31 Å². The highest BCUT2D eigenvalue weighted by Gasteiger charge is 2.27. The van der Waals surface area contributed by atoms with E-state index in [1.807, 2.05) is 13.8 Å². The van der Waals surface area contributed by atoms with E-state index >= 15 is 0 Å². The number of benzene rings is 1. The molecule has 1 aromatic rings. The Kier molecular flexibility index (Phi) is 5.97. The van der Waals surface area contributed by atoms with Crippen molar-refractivity contribution in [2.75, 3.05) is 33.2 Å². The van der Waals surface area contributed by atoms with Crippen LogP contribution >= 0.6 is 0 Å². The second-order valence-corrected chi connectivity index (χ2v) is 8.34. The molecule has 1 aliphatic heterocycles. The number of aliphatic hydroxyl groups excluding tert-OH is 1. The molecule has 0 bridgehead atoms. The first kappa shape index (κ1) is 18.9. The molecule has 24 heavy (non-hydrogen) atoms. The summed E-state index contributed by atoms with van der Waals surface area (Å²) >= 11 is 0. The van der Waals surface area contributed by atoms with Crippen LogP contribution in [0.25, 0.3) is 0 Å². The van der Waals surface area contributed by atoms with Crippen molar-refractivity contribution in [1.82, 2.24) is 14.9 Å². The Balaban J connectivity index is 1.95. The van der Waals surface area contributed by atoms with Gasteiger partial charge in [-0.15, -0.1) is 0 Å². The van der Waals surface area contributed by atoms with Crippen molar-refractivity contribution in [2.45, 2.75) is 24.8 Å². The molecule has 0 saturated carbocycles. The second-order valence-electron chi connectivity index (χ2n) is 6.30. The Labute approximate surface area is 143 Å². The summed E-state index contributed by atoms with van der Waals surface area (Å²) in [6.07, 6.45) is -0.484. The summed E-state index contributed by atoms with van der Waals surface area (Å²) in [7, 11) is -2.33. The maximum Gasteiger partial charge on any atom is 0.243 e. The van der Waals surface area contributed by atoms with E-state index in [1.165, 1.54) is 7.05 Å². The third-order valence-corrected chi connectivity index (χ3v) is 6.22. The third kappa shape index (κ3) is 4.32. The van der Waals surface area contributed by atoms with Gasteiger partial charge in [0.1, 0.15) is 0 Å². The monoisotopic (exact) mass is 355 g/mol. The van der Waals surface area contributed by atoms with Gasteiger partial charge >= 0.3 is 0 Å². The average Bonchev–Trinajstić information content (AvgIpc) is 2.93. The lowest BCUT2D eigenvalue weighted by molar-refractivity contribution is -0.121. The minimum Gasteiger partial charge on any atom is -0.391 e. The molecule has 8 heteroatoms. The average molecular weight is 355 g/mol. The lowest BCUT2D eigenvalue weighted by Gasteiger charge is -2.19. The first-order valence-electron chi connectivity index (χ1n) is 7.91. The number of carbonyl (C=O) groups excluding carboxylic acids is 1. The molecule has 1 amide bonds. The number of sulfonamides is 1. The fourth-order valence-corrected chi connectivity index (χ4v) is 3.78. The molecule has 0 spiro atoms. The molecule has 2 rings (SSSR count). The normalized spacial score (nSPS) is 21.2. The summed E-state index contributed by atoms with van der Waals surface area (Å²) in [5.41, 5.74) is 1.90. The lowest BCUT2D eigenvalue weighted by Crippen LogP contribution is -2.41. The number of hydrogen-bond donors (Lipinski definition) is 3. The highest BCUT2D eigenvalue weighted by molar-refractivity contribution is 7.89. The summed E-state index contributed by atoms with van der Waals surface area (Å²) in [6, 6.07) is 4.91. The lowest BCUT2D eigenvalue weighted by atomic mass is 10.1. The number of nitrogens with zero attached hydrogens (tertiary/aromatic N) is 1. The zero-order chi connectivity index (χ0) is 17.9. The number of aliphatic hydroxyl groups is 1. The van der Waals surface area contributed by atoms with E-state index in [0.29, 0.717) is 19.6 Å². The van der Waals surface area contributed by atoms with Crippen LogP contribution in [0, 0.1) is 19.8 Å². The summed E-state index contributed by atoms with van der Waals surface area (Å²) < 4.78 is 26.1. The van der Waals surface area contributed by atoms with E-state index in [1.54, 1.807) is 18.2 Å². The van der Waals surface area contributed by atoms with Crippen molar-refractivity contribution >= 4 is 15.9 Å². The molecular weight excluding hydrogens is 330 g/mol. The molecule has 0 radical (unpaired) electrons. The Hall–Kier alpha value is -1.48. The van der Waals surface area contributed by atoms with E-state index < -0.39 is 16.1 Å². The van der Waals surface area contributed by atoms with Gasteiger partial charge in [0, 0.05) is 32.6 Å². The molecule has 1 heterocycles. The Morgan fingerprint density at radius 3 is 2.62 bits per heavy atom. The number of rotatable bonds is 6. The summed E-state index contributed by atoms with van der Waals surface area (Å²) in [5, 5.41) is 15.4. The van der Waals surface area contributed by atoms with Gasteiger partial charge in [0.25, 0.3) is 0 Å². The van der Waals surface area contributed by atoms with Crippen LogP contribution in [0.4, 0.5) is 0 Å². The first-order chi connectivity index (χ1) is 11.2. The van der Waals surface area contributed by atoms with Gasteiger partial charge in [-0.1, -0.05) is 6.07 Å². The number of β-amino-alcohol motifs (C(OH)–C–C–N with tert-alkyl or cyclic N) is 1. The van der Waals surface area contributed by atoms with E-state index in [-0.39, 0.29) is 23.3 Å². The number of likely N-dealkylation sites (N-methyl/N-ethyl adjacent to an activating group) is 1. The molecule has 7 nitrogen and oxygen atoms in total. The minimum absolute atomic E-state index is 0.0457. The minimum atomic E-state index is -3.71. The van der Waals surface area contributed by atoms with Crippen molar-refractivity contribution in [3.8, 4) is 0 Å². The zero-order valence-electron chi connectivity index (χ0n) is 14.2. The van der Waals surface area contributed by atoms with Crippen molar-refractivity contribution in [3.63, 3.8) is 0 Å². The molecule has 134 valence electrons. The topological polar surface area (TPSA) is 98.7 Å². The van der Waals surface area contributed by atoms with Gasteiger partial charge in [-0.3, -0.25) is 4.79 Å². The van der Waals surface area contributed by atoms with Gasteiger partial charge in [0.2, 0.25) is 15.9 Å². The van der Waals surface area contributed by atoms with Crippen LogP contribution < -0.4 is 10.6 Å². The Morgan fingerprint density at radius 1 is 1.33 bits per heavy atom. The van der Waals surface area contributed by atoms with E-state index in [0.717, 1.165) is 15.4 Å². The predicted octanol–water partition coefficient (Wildman–Crippen LogP) is -0.380. The van der Waals surface area contributed by atoms with Crippen molar-refractivity contribution < 1.29 is 18.3 Å². The molecule has 1 saturated heterocycles. The van der Waals surface area contributed by atoms with Crippen LogP contribution in [0.15, 0.2) is 23.1 Å². The molecular formula is C16H25N3O4S. The van der Waals surface area contributed by atoms with Gasteiger partial charge in [0.15, 0.2) is 0 Å². The fourth-order valence-electron chi connectivity index (χ4n) is 2.57. The quantitative estimate of drug-likeness (QED) is 0.646. The molecule has 0 aliphatic carbocycles. The van der Waals surface area contributed by atoms with Crippen molar-refractivity contribution in [3.05, 3.63) is 29.3 Å². The van der Waals surface area contributed by atoms with Crippen LogP contribution in [0.2, 0.25) is 0 Å². The number of amides is 1. The Bertz CT molecular complexity index is 705. The van der Waals surface area contributed by atoms with E-state index in [9.17, 15) is 18.3 Å². The number of carbonyl (C=O) groups is 1. The van der Waals surface area contributed by atoms with E-state index in [4.69, 9.17) is 0 Å². The molecule has 1 aromatic carbocycles. The number of nitrogens with one attached hydrogen (secondary N) is 2. The fraction of sp³-hybridized carbons (Fsp3) is 0.562. The standard InChI is InChI=1S/C16H25N3O4S/c1-11-4-5-14(6-12(11)2)24(22,23)19(3)10-16(21)18-8-13-7-17-9-15(13)20/h4-6,13,15,17,20H,7-10H2,1-3H3,(H,18,21). The predicted molar refractivity (Wildman–Crippen MR) is 91.1 cm³/mol. The largest absolute Gasteiger partial charge is 0.391 e. The molecule has 3 N–H and O–H groups in total. The van der Waals surface area contributed by atoms with Crippen molar-refractivity contribution in [1.29, 1.82) is 0 Å². The third-order valence-electron chi connectivity index (χ3n) is 4.42. The van der Waals surface area contributed by atoms with E-state index in [2.05, 4.69) is 10.6 Å². The van der Waals surface area contributed by atoms with Gasteiger partial charge < -0.3 is 15.7 Å².